The van der Waals surface area contributed by atoms with E-state index in [2.05, 4.69) is 55.6 Å². The second-order valence-electron chi connectivity index (χ2n) is 4.44. The molecule has 0 heterocycles. The van der Waals surface area contributed by atoms with E-state index in [0.29, 0.717) is 0 Å². The highest BCUT2D eigenvalue weighted by Gasteiger charge is 2.17. The lowest BCUT2D eigenvalue weighted by Gasteiger charge is -2.05. The van der Waals surface area contributed by atoms with Crippen molar-refractivity contribution >= 4 is 5.57 Å². The zero-order valence-electron chi connectivity index (χ0n) is 9.74. The normalized spacial score (nSPS) is 11.8. The molecular weight excluding hydrogens is 204 g/mol. The fraction of sp³-hybridized carbons (Fsp3) is 0.0588. The van der Waals surface area contributed by atoms with Crippen molar-refractivity contribution in [2.24, 2.45) is 0 Å². The minimum absolute atomic E-state index is 0.984. The van der Waals surface area contributed by atoms with E-state index in [4.69, 9.17) is 0 Å². The Morgan fingerprint density at radius 2 is 1.76 bits per heavy atom. The number of allylic oxidation sites excluding steroid dienone is 2. The molecule has 82 valence electrons. The van der Waals surface area contributed by atoms with E-state index >= 15 is 0 Å². The Bertz CT molecular complexity index is 618. The number of hydrogen-bond acceptors (Lipinski definition) is 0. The molecule has 2 aromatic carbocycles. The van der Waals surface area contributed by atoms with Gasteiger partial charge < -0.3 is 0 Å². The summed E-state index contributed by atoms with van der Waals surface area (Å²) in [6.45, 7) is 7.78. The molecular formula is C17H14. The van der Waals surface area contributed by atoms with Crippen molar-refractivity contribution in [1.82, 2.24) is 0 Å². The maximum Gasteiger partial charge on any atom is -0.00134 e. The summed E-state index contributed by atoms with van der Waals surface area (Å²) in [4.78, 5) is 0. The molecule has 0 saturated carbocycles. The van der Waals surface area contributed by atoms with E-state index in [9.17, 15) is 0 Å². The number of hydrogen-bond donors (Lipinski definition) is 0. The van der Waals surface area contributed by atoms with E-state index in [1.54, 1.807) is 0 Å². The molecule has 0 heteroatoms. The van der Waals surface area contributed by atoms with Gasteiger partial charge in [-0.3, -0.25) is 0 Å². The topological polar surface area (TPSA) is 0 Å². The van der Waals surface area contributed by atoms with Gasteiger partial charge in [0, 0.05) is 0 Å². The zero-order chi connectivity index (χ0) is 11.8. The van der Waals surface area contributed by atoms with Gasteiger partial charge in [-0.05, 0) is 45.9 Å². The first kappa shape index (κ1) is 10.1. The second-order valence-corrected chi connectivity index (χ2v) is 4.44. The van der Waals surface area contributed by atoms with E-state index < -0.39 is 0 Å². The molecule has 2 aromatic rings. The van der Waals surface area contributed by atoms with Crippen molar-refractivity contribution < 1.29 is 0 Å². The average molecular weight is 218 g/mol. The Balaban J connectivity index is 2.18. The monoisotopic (exact) mass is 218 g/mol. The third kappa shape index (κ3) is 1.53. The molecule has 0 amide bonds. The molecule has 0 spiro atoms. The molecule has 0 nitrogen and oxygen atoms in total. The van der Waals surface area contributed by atoms with Gasteiger partial charge >= 0.3 is 0 Å². The standard InChI is InChI=1S/C17H14/c1-3-12(2)13-8-9-15-10-14-6-4-5-7-16(14)17(15)11-13/h3-9,11H,1-2,10H2. The van der Waals surface area contributed by atoms with Crippen LogP contribution >= 0.6 is 0 Å². The summed E-state index contributed by atoms with van der Waals surface area (Å²) in [7, 11) is 0. The summed E-state index contributed by atoms with van der Waals surface area (Å²) in [5, 5.41) is 0. The van der Waals surface area contributed by atoms with Crippen LogP contribution in [0.4, 0.5) is 0 Å². The minimum Gasteiger partial charge on any atom is -0.0985 e. The van der Waals surface area contributed by atoms with Gasteiger partial charge in [-0.2, -0.15) is 0 Å². The van der Waals surface area contributed by atoms with E-state index in [1.165, 1.54) is 22.3 Å². The third-order valence-electron chi connectivity index (χ3n) is 3.42. The molecule has 3 rings (SSSR count). The smallest absolute Gasteiger partial charge is 0.00134 e. The van der Waals surface area contributed by atoms with Gasteiger partial charge in [-0.1, -0.05) is 55.6 Å². The molecule has 0 atom stereocenters. The van der Waals surface area contributed by atoms with Gasteiger partial charge in [0.05, 0.1) is 0 Å². The number of rotatable bonds is 2. The molecule has 0 aliphatic heterocycles. The van der Waals surface area contributed by atoms with Crippen LogP contribution < -0.4 is 0 Å². The summed E-state index contributed by atoms with van der Waals surface area (Å²) in [6, 6.07) is 15.2. The van der Waals surface area contributed by atoms with Crippen LogP contribution in [0.3, 0.4) is 0 Å². The quantitative estimate of drug-likeness (QED) is 0.557. The molecule has 0 unspecified atom stereocenters. The minimum atomic E-state index is 0.984. The van der Waals surface area contributed by atoms with E-state index in [-0.39, 0.29) is 0 Å². The van der Waals surface area contributed by atoms with Crippen LogP contribution in [0, 0.1) is 0 Å². The zero-order valence-corrected chi connectivity index (χ0v) is 9.74. The fourth-order valence-corrected chi connectivity index (χ4v) is 2.44. The van der Waals surface area contributed by atoms with Crippen LogP contribution in [-0.2, 0) is 6.42 Å². The maximum absolute atomic E-state index is 4.01. The first-order chi connectivity index (χ1) is 8.29. The van der Waals surface area contributed by atoms with Crippen molar-refractivity contribution in [3.63, 3.8) is 0 Å². The predicted molar refractivity (Wildman–Crippen MR) is 73.9 cm³/mol. The lowest BCUT2D eigenvalue weighted by molar-refractivity contribution is 1.26. The third-order valence-corrected chi connectivity index (χ3v) is 3.42. The van der Waals surface area contributed by atoms with Crippen LogP contribution in [0.25, 0.3) is 16.7 Å². The highest BCUT2D eigenvalue weighted by molar-refractivity contribution is 5.82. The summed E-state index contributed by atoms with van der Waals surface area (Å²) in [5.74, 6) is 0. The summed E-state index contributed by atoms with van der Waals surface area (Å²) < 4.78 is 0. The maximum atomic E-state index is 4.01. The largest absolute Gasteiger partial charge is 0.0985 e. The number of benzene rings is 2. The summed E-state index contributed by atoms with van der Waals surface area (Å²) in [5.41, 5.74) is 7.69. The highest BCUT2D eigenvalue weighted by atomic mass is 14.2. The predicted octanol–water partition coefficient (Wildman–Crippen LogP) is 4.46. The van der Waals surface area contributed by atoms with Crippen molar-refractivity contribution in [2.75, 3.05) is 0 Å². The molecule has 17 heavy (non-hydrogen) atoms. The molecule has 0 N–H and O–H groups in total. The Hall–Kier alpha value is -2.08. The first-order valence-electron chi connectivity index (χ1n) is 5.82. The lowest BCUT2D eigenvalue weighted by Crippen LogP contribution is -1.84. The van der Waals surface area contributed by atoms with Crippen molar-refractivity contribution in [1.29, 1.82) is 0 Å². The summed E-state index contributed by atoms with van der Waals surface area (Å²) in [6.07, 6.45) is 2.86. The van der Waals surface area contributed by atoms with Gasteiger partial charge in [0.1, 0.15) is 0 Å². The van der Waals surface area contributed by atoms with Gasteiger partial charge in [-0.15, -0.1) is 0 Å². The van der Waals surface area contributed by atoms with Gasteiger partial charge in [0.2, 0.25) is 0 Å². The fourth-order valence-electron chi connectivity index (χ4n) is 2.44. The molecule has 1 aliphatic carbocycles. The van der Waals surface area contributed by atoms with Gasteiger partial charge in [0.15, 0.2) is 0 Å². The van der Waals surface area contributed by atoms with Gasteiger partial charge in [-0.25, -0.2) is 0 Å². The Morgan fingerprint density at radius 1 is 1.00 bits per heavy atom. The molecule has 1 aliphatic rings. The van der Waals surface area contributed by atoms with Crippen LogP contribution in [0.1, 0.15) is 16.7 Å². The van der Waals surface area contributed by atoms with E-state index in [0.717, 1.165) is 17.6 Å². The molecule has 0 bridgehead atoms. The van der Waals surface area contributed by atoms with Crippen LogP contribution in [0.15, 0.2) is 61.7 Å². The molecule has 0 aromatic heterocycles. The van der Waals surface area contributed by atoms with E-state index in [1.807, 2.05) is 6.08 Å². The molecule has 0 radical (unpaired) electrons. The summed E-state index contributed by atoms with van der Waals surface area (Å²) >= 11 is 0. The Kier molecular flexibility index (Phi) is 2.22. The van der Waals surface area contributed by atoms with Crippen molar-refractivity contribution in [2.45, 2.75) is 6.42 Å². The SMILES string of the molecule is C=CC(=C)c1ccc2c(c1)-c1ccccc1C2. The second kappa shape index (κ2) is 3.74. The van der Waals surface area contributed by atoms with Crippen LogP contribution in [-0.4, -0.2) is 0 Å². The molecule has 0 fully saturated rings. The van der Waals surface area contributed by atoms with Crippen LogP contribution in [0.5, 0.6) is 0 Å². The van der Waals surface area contributed by atoms with Crippen LogP contribution in [0.2, 0.25) is 0 Å². The van der Waals surface area contributed by atoms with Crippen molar-refractivity contribution in [3.8, 4) is 11.1 Å². The Labute approximate surface area is 102 Å². The molecule has 0 saturated heterocycles. The first-order valence-corrected chi connectivity index (χ1v) is 5.82. The lowest BCUT2D eigenvalue weighted by atomic mass is 9.99. The van der Waals surface area contributed by atoms with Gasteiger partial charge in [0.25, 0.3) is 0 Å². The highest BCUT2D eigenvalue weighted by Crippen LogP contribution is 2.37. The number of fused-ring (bicyclic) bond motifs is 3. The average Bonchev–Trinajstić information content (AvgIpc) is 2.75. The Morgan fingerprint density at radius 3 is 2.59 bits per heavy atom. The van der Waals surface area contributed by atoms with Crippen molar-refractivity contribution in [3.05, 3.63) is 78.4 Å².